The molecular formula is C27H24BrClN2O4. The molecule has 1 aliphatic rings. The molecule has 0 unspecified atom stereocenters. The van der Waals surface area contributed by atoms with Gasteiger partial charge in [-0.2, -0.15) is 0 Å². The lowest BCUT2D eigenvalue weighted by Crippen LogP contribution is -2.30. The molecule has 1 saturated heterocycles. The van der Waals surface area contributed by atoms with Gasteiger partial charge < -0.3 is 14.8 Å². The summed E-state index contributed by atoms with van der Waals surface area (Å²) in [6.45, 7) is 4.84. The molecule has 3 aromatic carbocycles. The first-order valence-electron chi connectivity index (χ1n) is 11.1. The molecular weight excluding hydrogens is 532 g/mol. The lowest BCUT2D eigenvalue weighted by Gasteiger charge is -2.15. The van der Waals surface area contributed by atoms with Crippen LogP contribution < -0.4 is 14.8 Å². The smallest absolute Gasteiger partial charge is 0.329 e. The number of benzene rings is 3. The minimum absolute atomic E-state index is 0.200. The van der Waals surface area contributed by atoms with Crippen molar-refractivity contribution in [1.82, 2.24) is 10.2 Å². The van der Waals surface area contributed by atoms with Crippen LogP contribution in [-0.2, 0) is 17.9 Å². The second-order valence-corrected chi connectivity index (χ2v) is 9.33. The standard InChI is InChI=1S/C27H24BrClN2O4/c1-3-34-24-14-20(12-22(28)25(24)35-16-19-8-10-21(29)11-9-19)13-23-26(32)31(27(33)30-23)15-18-6-4-17(2)5-7-18/h4-14H,3,15-16H2,1-2H3,(H,30,33)/b23-13+. The number of carbonyl (C=O) groups is 2. The van der Waals surface area contributed by atoms with E-state index in [-0.39, 0.29) is 18.1 Å². The summed E-state index contributed by atoms with van der Waals surface area (Å²) in [4.78, 5) is 26.6. The first kappa shape index (κ1) is 24.8. The molecule has 6 nitrogen and oxygen atoms in total. The topological polar surface area (TPSA) is 67.9 Å². The van der Waals surface area contributed by atoms with E-state index in [0.717, 1.165) is 16.7 Å². The minimum atomic E-state index is -0.450. The van der Waals surface area contributed by atoms with E-state index in [1.54, 1.807) is 12.1 Å². The molecule has 0 radical (unpaired) electrons. The second kappa shape index (κ2) is 11.0. The molecule has 180 valence electrons. The van der Waals surface area contributed by atoms with Crippen LogP contribution in [0.2, 0.25) is 5.02 Å². The van der Waals surface area contributed by atoms with Crippen LogP contribution in [0.25, 0.3) is 6.08 Å². The van der Waals surface area contributed by atoms with E-state index in [2.05, 4.69) is 21.2 Å². The normalized spacial score (nSPS) is 14.4. The van der Waals surface area contributed by atoms with Gasteiger partial charge in [-0.25, -0.2) is 4.79 Å². The molecule has 0 atom stereocenters. The minimum Gasteiger partial charge on any atom is -0.490 e. The van der Waals surface area contributed by atoms with E-state index in [4.69, 9.17) is 21.1 Å². The Labute approximate surface area is 217 Å². The largest absolute Gasteiger partial charge is 0.490 e. The molecule has 1 heterocycles. The van der Waals surface area contributed by atoms with Crippen LogP contribution in [-0.4, -0.2) is 23.4 Å². The summed E-state index contributed by atoms with van der Waals surface area (Å²) in [6, 6.07) is 18.3. The maximum absolute atomic E-state index is 12.9. The SMILES string of the molecule is CCOc1cc(/C=C2/NC(=O)N(Cc3ccc(C)cc3)C2=O)cc(Br)c1OCc1ccc(Cl)cc1. The van der Waals surface area contributed by atoms with E-state index in [9.17, 15) is 9.59 Å². The number of rotatable bonds is 8. The average Bonchev–Trinajstić information content (AvgIpc) is 3.08. The highest BCUT2D eigenvalue weighted by Crippen LogP contribution is 2.38. The predicted molar refractivity (Wildman–Crippen MR) is 139 cm³/mol. The molecule has 3 aromatic rings. The van der Waals surface area contributed by atoms with Crippen molar-refractivity contribution in [3.63, 3.8) is 0 Å². The van der Waals surface area contributed by atoms with Crippen LogP contribution in [0, 0.1) is 6.92 Å². The van der Waals surface area contributed by atoms with Crippen molar-refractivity contribution in [1.29, 1.82) is 0 Å². The van der Waals surface area contributed by atoms with Crippen molar-refractivity contribution in [3.8, 4) is 11.5 Å². The molecule has 0 bridgehead atoms. The van der Waals surface area contributed by atoms with Crippen molar-refractivity contribution in [2.75, 3.05) is 6.61 Å². The van der Waals surface area contributed by atoms with Crippen molar-refractivity contribution in [2.45, 2.75) is 27.0 Å². The number of ether oxygens (including phenoxy) is 2. The maximum Gasteiger partial charge on any atom is 0.329 e. The number of nitrogens with zero attached hydrogens (tertiary/aromatic N) is 1. The number of amides is 3. The van der Waals surface area contributed by atoms with Gasteiger partial charge in [0.25, 0.3) is 5.91 Å². The van der Waals surface area contributed by atoms with E-state index in [0.29, 0.717) is 39.8 Å². The van der Waals surface area contributed by atoms with Crippen molar-refractivity contribution < 1.29 is 19.1 Å². The Hall–Kier alpha value is -3.29. The van der Waals surface area contributed by atoms with Crippen LogP contribution in [0.3, 0.4) is 0 Å². The lowest BCUT2D eigenvalue weighted by molar-refractivity contribution is -0.123. The zero-order valence-electron chi connectivity index (χ0n) is 19.3. The highest BCUT2D eigenvalue weighted by atomic mass is 79.9. The number of nitrogens with one attached hydrogen (secondary N) is 1. The van der Waals surface area contributed by atoms with Gasteiger partial charge in [0.2, 0.25) is 0 Å². The maximum atomic E-state index is 12.9. The number of carbonyl (C=O) groups excluding carboxylic acids is 2. The van der Waals surface area contributed by atoms with Gasteiger partial charge in [0.15, 0.2) is 11.5 Å². The summed E-state index contributed by atoms with van der Waals surface area (Å²) in [7, 11) is 0. The van der Waals surface area contributed by atoms with E-state index < -0.39 is 6.03 Å². The zero-order valence-corrected chi connectivity index (χ0v) is 21.7. The fourth-order valence-electron chi connectivity index (χ4n) is 3.57. The summed E-state index contributed by atoms with van der Waals surface area (Å²) in [5.74, 6) is 0.690. The third-order valence-electron chi connectivity index (χ3n) is 5.36. The fourth-order valence-corrected chi connectivity index (χ4v) is 4.27. The monoisotopic (exact) mass is 554 g/mol. The molecule has 0 aliphatic carbocycles. The molecule has 3 amide bonds. The number of hydrogen-bond donors (Lipinski definition) is 1. The summed E-state index contributed by atoms with van der Waals surface area (Å²) in [5, 5.41) is 3.33. The highest BCUT2D eigenvalue weighted by molar-refractivity contribution is 9.10. The molecule has 35 heavy (non-hydrogen) atoms. The molecule has 8 heteroatoms. The number of imide groups is 1. The number of urea groups is 1. The third-order valence-corrected chi connectivity index (χ3v) is 6.20. The van der Waals surface area contributed by atoms with E-state index >= 15 is 0 Å². The first-order valence-corrected chi connectivity index (χ1v) is 12.2. The molecule has 1 fully saturated rings. The lowest BCUT2D eigenvalue weighted by atomic mass is 10.1. The Morgan fingerprint density at radius 2 is 1.69 bits per heavy atom. The molecule has 0 spiro atoms. The average molecular weight is 556 g/mol. The van der Waals surface area contributed by atoms with Gasteiger partial charge in [-0.05, 0) is 76.8 Å². The second-order valence-electron chi connectivity index (χ2n) is 8.04. The van der Waals surface area contributed by atoms with Gasteiger partial charge in [0, 0.05) is 5.02 Å². The van der Waals surface area contributed by atoms with E-state index in [1.807, 2.05) is 68.4 Å². The molecule has 1 aliphatic heterocycles. The van der Waals surface area contributed by atoms with Crippen LogP contribution in [0.1, 0.15) is 29.2 Å². The van der Waals surface area contributed by atoms with Gasteiger partial charge in [-0.15, -0.1) is 0 Å². The highest BCUT2D eigenvalue weighted by Gasteiger charge is 2.33. The zero-order chi connectivity index (χ0) is 24.9. The Bertz CT molecular complexity index is 1270. The Kier molecular flexibility index (Phi) is 7.78. The van der Waals surface area contributed by atoms with Crippen LogP contribution >= 0.6 is 27.5 Å². The van der Waals surface area contributed by atoms with Gasteiger partial charge in [0.1, 0.15) is 12.3 Å². The van der Waals surface area contributed by atoms with E-state index in [1.165, 1.54) is 4.90 Å². The quantitative estimate of drug-likeness (QED) is 0.255. The Morgan fingerprint density at radius 3 is 2.37 bits per heavy atom. The third kappa shape index (κ3) is 6.05. The fraction of sp³-hybridized carbons (Fsp3) is 0.185. The molecule has 0 saturated carbocycles. The van der Waals surface area contributed by atoms with Gasteiger partial charge in [-0.1, -0.05) is 53.6 Å². The van der Waals surface area contributed by atoms with Gasteiger partial charge >= 0.3 is 6.03 Å². The number of hydrogen-bond acceptors (Lipinski definition) is 4. The van der Waals surface area contributed by atoms with Crippen LogP contribution in [0.4, 0.5) is 4.79 Å². The Morgan fingerprint density at radius 1 is 1.00 bits per heavy atom. The van der Waals surface area contributed by atoms with Crippen LogP contribution in [0.15, 0.2) is 70.8 Å². The first-order chi connectivity index (χ1) is 16.8. The Balaban J connectivity index is 1.54. The van der Waals surface area contributed by atoms with Crippen molar-refractivity contribution >= 4 is 45.5 Å². The summed E-state index contributed by atoms with van der Waals surface area (Å²) >= 11 is 9.51. The van der Waals surface area contributed by atoms with Crippen LogP contribution in [0.5, 0.6) is 11.5 Å². The van der Waals surface area contributed by atoms with Gasteiger partial charge in [0.05, 0.1) is 17.6 Å². The van der Waals surface area contributed by atoms with Gasteiger partial charge in [-0.3, -0.25) is 9.69 Å². The van der Waals surface area contributed by atoms with Crippen molar-refractivity contribution in [3.05, 3.63) is 98.1 Å². The molecule has 4 rings (SSSR count). The molecule has 0 aromatic heterocycles. The number of aryl methyl sites for hydroxylation is 1. The summed E-state index contributed by atoms with van der Waals surface area (Å²) < 4.78 is 12.5. The summed E-state index contributed by atoms with van der Waals surface area (Å²) in [6.07, 6.45) is 1.63. The number of halogens is 2. The van der Waals surface area contributed by atoms with Crippen molar-refractivity contribution in [2.24, 2.45) is 0 Å². The summed E-state index contributed by atoms with van der Waals surface area (Å²) in [5.41, 5.74) is 3.83. The predicted octanol–water partition coefficient (Wildman–Crippen LogP) is 6.48. The molecule has 1 N–H and O–H groups in total.